The van der Waals surface area contributed by atoms with Gasteiger partial charge >= 0.3 is 0 Å². The van der Waals surface area contributed by atoms with Crippen LogP contribution in [-0.2, 0) is 4.79 Å². The molecule has 0 aliphatic heterocycles. The van der Waals surface area contributed by atoms with Gasteiger partial charge in [-0.15, -0.1) is 0 Å². The van der Waals surface area contributed by atoms with Crippen molar-refractivity contribution in [1.29, 1.82) is 0 Å². The average Bonchev–Trinajstić information content (AvgIpc) is 2.23. The van der Waals surface area contributed by atoms with Crippen LogP contribution in [-0.4, -0.2) is 13.9 Å². The van der Waals surface area contributed by atoms with E-state index >= 15 is 0 Å². The van der Waals surface area contributed by atoms with E-state index < -0.39 is 8.07 Å². The van der Waals surface area contributed by atoms with Crippen LogP contribution in [0.15, 0.2) is 36.4 Å². The van der Waals surface area contributed by atoms with Gasteiger partial charge in [-0.1, -0.05) is 70.7 Å². The van der Waals surface area contributed by atoms with Gasteiger partial charge in [-0.05, 0) is 16.8 Å². The summed E-state index contributed by atoms with van der Waals surface area (Å²) < 4.78 is 0. The van der Waals surface area contributed by atoms with Gasteiger partial charge in [-0.25, -0.2) is 0 Å². The predicted molar refractivity (Wildman–Crippen MR) is 82.2 cm³/mol. The molecule has 0 atom stereocenters. The second kappa shape index (κ2) is 5.23. The van der Waals surface area contributed by atoms with Crippen molar-refractivity contribution in [3.8, 4) is 0 Å². The fourth-order valence-electron chi connectivity index (χ4n) is 1.70. The summed E-state index contributed by atoms with van der Waals surface area (Å²) >= 11 is 0. The van der Waals surface area contributed by atoms with E-state index in [1.54, 1.807) is 0 Å². The third-order valence-corrected chi connectivity index (χ3v) is 4.96. The van der Waals surface area contributed by atoms with Crippen LogP contribution < -0.4 is 0 Å². The first-order valence-electron chi connectivity index (χ1n) is 6.44. The first-order valence-corrected chi connectivity index (χ1v) is 9.94. The lowest BCUT2D eigenvalue weighted by Gasteiger charge is -2.23. The zero-order chi connectivity index (χ0) is 14.0. The van der Waals surface area contributed by atoms with Gasteiger partial charge in [-0.2, -0.15) is 0 Å². The van der Waals surface area contributed by atoms with Crippen LogP contribution in [0, 0.1) is 5.41 Å². The first-order chi connectivity index (χ1) is 8.12. The van der Waals surface area contributed by atoms with Crippen LogP contribution in [0.4, 0.5) is 0 Å². The number of carbonyl (C=O) groups is 1. The Morgan fingerprint density at radius 3 is 1.94 bits per heavy atom. The molecule has 0 fully saturated rings. The van der Waals surface area contributed by atoms with E-state index in [0.29, 0.717) is 0 Å². The number of benzene rings is 1. The highest BCUT2D eigenvalue weighted by Gasteiger charge is 2.25. The molecule has 2 heteroatoms. The zero-order valence-electron chi connectivity index (χ0n) is 12.4. The van der Waals surface area contributed by atoms with Gasteiger partial charge in [0.25, 0.3) is 0 Å². The van der Waals surface area contributed by atoms with Crippen LogP contribution in [0.3, 0.4) is 0 Å². The molecular formula is C16H24OSi. The fraction of sp³-hybridized carbons (Fsp3) is 0.438. The van der Waals surface area contributed by atoms with Crippen LogP contribution in [0.2, 0.25) is 19.6 Å². The Labute approximate surface area is 112 Å². The number of rotatable bonds is 3. The molecule has 18 heavy (non-hydrogen) atoms. The largest absolute Gasteiger partial charge is 0.294 e. The van der Waals surface area contributed by atoms with Crippen LogP contribution in [0.5, 0.6) is 0 Å². The van der Waals surface area contributed by atoms with Crippen molar-refractivity contribution in [1.82, 2.24) is 0 Å². The van der Waals surface area contributed by atoms with Crippen molar-refractivity contribution in [3.63, 3.8) is 0 Å². The number of hydrogen-bond donors (Lipinski definition) is 0. The predicted octanol–water partition coefficient (Wildman–Crippen LogP) is 4.56. The number of carbonyl (C=O) groups excluding carboxylic acids is 1. The van der Waals surface area contributed by atoms with Gasteiger partial charge in [0, 0.05) is 5.41 Å². The maximum atomic E-state index is 12.2. The minimum atomic E-state index is -1.53. The molecule has 98 valence electrons. The van der Waals surface area contributed by atoms with Gasteiger partial charge in [0.15, 0.2) is 5.78 Å². The Hall–Kier alpha value is -1.15. The quantitative estimate of drug-likeness (QED) is 0.575. The van der Waals surface area contributed by atoms with Crippen molar-refractivity contribution in [2.75, 3.05) is 0 Å². The van der Waals surface area contributed by atoms with Crippen LogP contribution >= 0.6 is 0 Å². The third kappa shape index (κ3) is 3.95. The fourth-order valence-corrected chi connectivity index (χ4v) is 3.29. The Balaban J connectivity index is 3.25. The number of hydrogen-bond acceptors (Lipinski definition) is 1. The highest BCUT2D eigenvalue weighted by molar-refractivity contribution is 6.94. The highest BCUT2D eigenvalue weighted by atomic mass is 28.3. The summed E-state index contributed by atoms with van der Waals surface area (Å²) in [6, 6.07) is 10.3. The van der Waals surface area contributed by atoms with E-state index in [-0.39, 0.29) is 11.2 Å². The van der Waals surface area contributed by atoms with Gasteiger partial charge in [-0.3, -0.25) is 4.79 Å². The molecule has 0 aliphatic carbocycles. The monoisotopic (exact) mass is 260 g/mol. The number of ketones is 1. The molecule has 1 aromatic carbocycles. The lowest BCUT2D eigenvalue weighted by atomic mass is 9.90. The molecule has 1 rings (SSSR count). The molecule has 0 bridgehead atoms. The minimum absolute atomic E-state index is 0.212. The third-order valence-electron chi connectivity index (χ3n) is 2.91. The summed E-state index contributed by atoms with van der Waals surface area (Å²) in [7, 11) is -1.53. The summed E-state index contributed by atoms with van der Waals surface area (Å²) in [5, 5.41) is 1.24. The van der Waals surface area contributed by atoms with Gasteiger partial charge in [0.1, 0.15) is 0 Å². The maximum absolute atomic E-state index is 12.2. The van der Waals surface area contributed by atoms with Crippen LogP contribution in [0.25, 0.3) is 5.20 Å². The molecule has 0 aliphatic rings. The molecule has 0 aromatic heterocycles. The Kier molecular flexibility index (Phi) is 4.33. The Morgan fingerprint density at radius 1 is 1.06 bits per heavy atom. The molecule has 0 saturated heterocycles. The molecule has 0 unspecified atom stereocenters. The van der Waals surface area contributed by atoms with E-state index in [0.717, 1.165) is 0 Å². The normalized spacial score (nSPS) is 13.6. The lowest BCUT2D eigenvalue weighted by molar-refractivity contribution is -0.121. The molecule has 0 radical (unpaired) electrons. The molecule has 0 N–H and O–H groups in total. The maximum Gasteiger partial charge on any atom is 0.160 e. The van der Waals surface area contributed by atoms with Gasteiger partial charge in [0.2, 0.25) is 0 Å². The smallest absolute Gasteiger partial charge is 0.160 e. The molecule has 0 heterocycles. The SMILES string of the molecule is CC(C)(C)C(=O)/C=C(\c1ccccc1)[Si](C)(C)C. The molecule has 1 nitrogen and oxygen atoms in total. The van der Waals surface area contributed by atoms with Crippen molar-refractivity contribution < 1.29 is 4.79 Å². The Bertz CT molecular complexity index is 444. The lowest BCUT2D eigenvalue weighted by Crippen LogP contribution is -2.26. The van der Waals surface area contributed by atoms with E-state index in [1.165, 1.54) is 10.8 Å². The van der Waals surface area contributed by atoms with Crippen molar-refractivity contribution >= 4 is 19.1 Å². The second-order valence-corrected chi connectivity index (χ2v) is 11.8. The summed E-state index contributed by atoms with van der Waals surface area (Å²) in [4.78, 5) is 12.2. The average molecular weight is 260 g/mol. The highest BCUT2D eigenvalue weighted by Crippen LogP contribution is 2.28. The molecule has 0 saturated carbocycles. The van der Waals surface area contributed by atoms with E-state index in [9.17, 15) is 4.79 Å². The molecule has 0 amide bonds. The standard InChI is InChI=1S/C16H24OSi/c1-16(2,3)15(17)12-14(18(4,5)6)13-10-8-7-9-11-13/h7-12H,1-6H3/b14-12+. The van der Waals surface area contributed by atoms with Gasteiger partial charge < -0.3 is 0 Å². The van der Waals surface area contributed by atoms with Crippen molar-refractivity contribution in [2.24, 2.45) is 5.41 Å². The van der Waals surface area contributed by atoms with E-state index in [4.69, 9.17) is 0 Å². The summed E-state index contributed by atoms with van der Waals surface area (Å²) in [5.74, 6) is 0.212. The van der Waals surface area contributed by atoms with Crippen molar-refractivity contribution in [2.45, 2.75) is 40.4 Å². The van der Waals surface area contributed by atoms with Crippen molar-refractivity contribution in [3.05, 3.63) is 42.0 Å². The second-order valence-electron chi connectivity index (χ2n) is 6.79. The topological polar surface area (TPSA) is 17.1 Å². The summed E-state index contributed by atoms with van der Waals surface area (Å²) in [6.45, 7) is 12.8. The molecule has 1 aromatic rings. The van der Waals surface area contributed by atoms with E-state index in [1.807, 2.05) is 45.0 Å². The summed E-state index contributed by atoms with van der Waals surface area (Å²) in [6.07, 6.45) is 1.88. The van der Waals surface area contributed by atoms with Gasteiger partial charge in [0.05, 0.1) is 8.07 Å². The molecular weight excluding hydrogens is 236 g/mol. The summed E-state index contributed by atoms with van der Waals surface area (Å²) in [5.41, 5.74) is 0.883. The molecule has 0 spiro atoms. The number of allylic oxidation sites excluding steroid dienone is 1. The first kappa shape index (κ1) is 14.9. The van der Waals surface area contributed by atoms with Crippen LogP contribution in [0.1, 0.15) is 26.3 Å². The minimum Gasteiger partial charge on any atom is -0.294 e. The zero-order valence-corrected chi connectivity index (χ0v) is 13.4. The Morgan fingerprint density at radius 2 is 1.56 bits per heavy atom. The van der Waals surface area contributed by atoms with E-state index in [2.05, 4.69) is 31.8 Å².